The fourth-order valence-corrected chi connectivity index (χ4v) is 5.21. The quantitative estimate of drug-likeness (QED) is 0.305. The molecule has 0 saturated carbocycles. The predicted molar refractivity (Wildman–Crippen MR) is 138 cm³/mol. The van der Waals surface area contributed by atoms with Crippen LogP contribution < -0.4 is 4.74 Å². The molecule has 9 nitrogen and oxygen atoms in total. The fraction of sp³-hybridized carbons (Fsp3) is 0.321. The van der Waals surface area contributed by atoms with Crippen molar-refractivity contribution in [3.63, 3.8) is 0 Å². The van der Waals surface area contributed by atoms with E-state index in [9.17, 15) is 15.3 Å². The molecular formula is C28H28FN3O6. The molecule has 2 saturated heterocycles. The number of rotatable bonds is 6. The van der Waals surface area contributed by atoms with Crippen LogP contribution in [-0.2, 0) is 16.0 Å². The summed E-state index contributed by atoms with van der Waals surface area (Å²) in [5, 5.41) is 31.0. The molecule has 4 atom stereocenters. The molecule has 198 valence electrons. The van der Waals surface area contributed by atoms with Gasteiger partial charge in [0.1, 0.15) is 35.6 Å². The molecule has 4 aromatic rings. The zero-order chi connectivity index (χ0) is 26.6. The number of phenols is 2. The minimum atomic E-state index is -0.678. The van der Waals surface area contributed by atoms with Crippen LogP contribution in [0, 0.1) is 5.82 Å². The van der Waals surface area contributed by atoms with Crippen molar-refractivity contribution in [3.8, 4) is 39.8 Å². The largest absolute Gasteiger partial charge is 0.507 e. The summed E-state index contributed by atoms with van der Waals surface area (Å²) < 4.78 is 32.2. The van der Waals surface area contributed by atoms with Crippen molar-refractivity contribution >= 4 is 11.0 Å². The van der Waals surface area contributed by atoms with Crippen LogP contribution in [-0.4, -0.2) is 81.9 Å². The number of fused-ring (bicyclic) bond motifs is 2. The van der Waals surface area contributed by atoms with E-state index in [0.29, 0.717) is 39.8 Å². The molecule has 0 bridgehead atoms. The van der Waals surface area contributed by atoms with E-state index in [1.165, 1.54) is 6.07 Å². The number of nitrogens with zero attached hydrogens (tertiary/aromatic N) is 2. The molecule has 3 aromatic carbocycles. The fourth-order valence-electron chi connectivity index (χ4n) is 5.21. The maximum absolute atomic E-state index is 15.1. The van der Waals surface area contributed by atoms with Crippen LogP contribution in [0.3, 0.4) is 0 Å². The van der Waals surface area contributed by atoms with Gasteiger partial charge in [-0.25, -0.2) is 4.39 Å². The van der Waals surface area contributed by atoms with Crippen molar-refractivity contribution in [1.82, 2.24) is 14.9 Å². The Morgan fingerprint density at radius 1 is 1.00 bits per heavy atom. The van der Waals surface area contributed by atoms with Gasteiger partial charge in [0.25, 0.3) is 6.01 Å². The number of nitrogens with one attached hydrogen (secondary N) is 1. The van der Waals surface area contributed by atoms with Gasteiger partial charge in [0.15, 0.2) is 6.10 Å². The minimum Gasteiger partial charge on any atom is -0.507 e. The van der Waals surface area contributed by atoms with Gasteiger partial charge in [0, 0.05) is 18.2 Å². The summed E-state index contributed by atoms with van der Waals surface area (Å²) in [6, 6.07) is 13.4. The summed E-state index contributed by atoms with van der Waals surface area (Å²) in [6.45, 7) is 1.04. The summed E-state index contributed by atoms with van der Waals surface area (Å²) >= 11 is 0. The predicted octanol–water partition coefficient (Wildman–Crippen LogP) is 3.41. The summed E-state index contributed by atoms with van der Waals surface area (Å²) in [7, 11) is 3.81. The lowest BCUT2D eigenvalue weighted by Gasteiger charge is -2.15. The van der Waals surface area contributed by atoms with Crippen LogP contribution in [0.15, 0.2) is 48.5 Å². The van der Waals surface area contributed by atoms with E-state index in [-0.39, 0.29) is 36.8 Å². The van der Waals surface area contributed by atoms with Crippen LogP contribution in [0.5, 0.6) is 17.5 Å². The maximum atomic E-state index is 15.1. The number of aromatic hydroxyl groups is 2. The summed E-state index contributed by atoms with van der Waals surface area (Å²) in [6.07, 6.45) is -1.91. The van der Waals surface area contributed by atoms with E-state index < -0.39 is 24.1 Å². The smallest absolute Gasteiger partial charge is 0.295 e. The highest BCUT2D eigenvalue weighted by Crippen LogP contribution is 2.40. The molecule has 0 spiro atoms. The average Bonchev–Trinajstić information content (AvgIpc) is 3.55. The Bertz CT molecular complexity index is 1470. The van der Waals surface area contributed by atoms with Gasteiger partial charge in [-0.3, -0.25) is 0 Å². The lowest BCUT2D eigenvalue weighted by Crippen LogP contribution is -2.34. The van der Waals surface area contributed by atoms with Crippen molar-refractivity contribution < 1.29 is 33.9 Å². The number of ether oxygens (including phenoxy) is 3. The van der Waals surface area contributed by atoms with Crippen LogP contribution in [0.25, 0.3) is 33.3 Å². The Hall–Kier alpha value is -3.70. The summed E-state index contributed by atoms with van der Waals surface area (Å²) in [4.78, 5) is 9.39. The van der Waals surface area contributed by atoms with Gasteiger partial charge in [-0.15, -0.1) is 0 Å². The Morgan fingerprint density at radius 2 is 1.68 bits per heavy atom. The minimum absolute atomic E-state index is 0.0252. The van der Waals surface area contributed by atoms with Gasteiger partial charge in [-0.2, -0.15) is 4.98 Å². The summed E-state index contributed by atoms with van der Waals surface area (Å²) in [5.41, 5.74) is 3.68. The third-order valence-electron chi connectivity index (χ3n) is 6.93. The number of H-pyrrole nitrogens is 1. The number of phenolic OH excluding ortho intramolecular Hbond substituents is 2. The standard InChI is InChI=1S/C28H28FN3O6/c1-32(2)11-14-7-21(33)25(22(34)8-14)16-5-3-15(4-6-16)17-9-19-20(10-18(17)29)31-28(30-19)38-24-13-37-26-23(35)12-36-27(24)26/h3-10,23-24,26-27,33-35H,11-13H2,1-2H3,(H,30,31)/t23-,24?,26?,27?/m1/s1. The van der Waals surface area contributed by atoms with Crippen LogP contribution in [0.4, 0.5) is 4.39 Å². The second-order valence-corrected chi connectivity index (χ2v) is 10.0. The van der Waals surface area contributed by atoms with Crippen molar-refractivity contribution in [2.45, 2.75) is 31.0 Å². The van der Waals surface area contributed by atoms with Gasteiger partial charge in [-0.1, -0.05) is 24.3 Å². The molecule has 0 aliphatic carbocycles. The van der Waals surface area contributed by atoms with Gasteiger partial charge < -0.3 is 39.4 Å². The number of aliphatic hydroxyl groups excluding tert-OH is 1. The second kappa shape index (κ2) is 9.55. The highest BCUT2D eigenvalue weighted by molar-refractivity contribution is 5.84. The first-order chi connectivity index (χ1) is 18.3. The number of hydrogen-bond acceptors (Lipinski definition) is 8. The maximum Gasteiger partial charge on any atom is 0.295 e. The Kier molecular flexibility index (Phi) is 6.19. The van der Waals surface area contributed by atoms with Gasteiger partial charge in [0.05, 0.1) is 29.8 Å². The third-order valence-corrected chi connectivity index (χ3v) is 6.93. The zero-order valence-electron chi connectivity index (χ0n) is 20.9. The van der Waals surface area contributed by atoms with Crippen molar-refractivity contribution in [3.05, 3.63) is 59.9 Å². The zero-order valence-corrected chi connectivity index (χ0v) is 20.9. The Labute approximate surface area is 218 Å². The first kappa shape index (κ1) is 24.6. The Morgan fingerprint density at radius 3 is 2.39 bits per heavy atom. The monoisotopic (exact) mass is 521 g/mol. The molecule has 10 heteroatoms. The highest BCUT2D eigenvalue weighted by Gasteiger charge is 2.48. The normalized spacial score (nSPS) is 22.9. The summed E-state index contributed by atoms with van der Waals surface area (Å²) in [5.74, 6) is -0.490. The first-order valence-corrected chi connectivity index (χ1v) is 12.3. The van der Waals surface area contributed by atoms with Crippen molar-refractivity contribution in [2.24, 2.45) is 0 Å². The molecule has 4 N–H and O–H groups in total. The molecule has 1 aromatic heterocycles. The molecule has 3 unspecified atom stereocenters. The number of halogens is 1. The van der Waals surface area contributed by atoms with E-state index in [1.807, 2.05) is 19.0 Å². The van der Waals surface area contributed by atoms with E-state index in [4.69, 9.17) is 14.2 Å². The van der Waals surface area contributed by atoms with Crippen LogP contribution in [0.1, 0.15) is 5.56 Å². The van der Waals surface area contributed by atoms with E-state index in [2.05, 4.69) is 9.97 Å². The van der Waals surface area contributed by atoms with Gasteiger partial charge >= 0.3 is 0 Å². The molecule has 38 heavy (non-hydrogen) atoms. The average molecular weight is 522 g/mol. The molecule has 6 rings (SSSR count). The molecule has 0 amide bonds. The van der Waals surface area contributed by atoms with Crippen LogP contribution in [0.2, 0.25) is 0 Å². The second-order valence-electron chi connectivity index (χ2n) is 10.0. The number of aliphatic hydroxyl groups is 1. The lowest BCUT2D eigenvalue weighted by molar-refractivity contribution is 0.00706. The number of aromatic nitrogens is 2. The van der Waals surface area contributed by atoms with Gasteiger partial charge in [0.2, 0.25) is 0 Å². The molecule has 2 aliphatic heterocycles. The number of aromatic amines is 1. The van der Waals surface area contributed by atoms with E-state index in [1.54, 1.807) is 42.5 Å². The lowest BCUT2D eigenvalue weighted by atomic mass is 9.97. The third kappa shape index (κ3) is 4.45. The SMILES string of the molecule is CN(C)Cc1cc(O)c(-c2ccc(-c3cc4nc(OC5COC6C5OC[C@H]6O)[nH]c4cc3F)cc2)c(O)c1. The van der Waals surface area contributed by atoms with Crippen molar-refractivity contribution in [1.29, 1.82) is 0 Å². The molecular weight excluding hydrogens is 493 g/mol. The molecule has 2 aliphatic rings. The molecule has 2 fully saturated rings. The number of benzene rings is 3. The van der Waals surface area contributed by atoms with Crippen molar-refractivity contribution in [2.75, 3.05) is 27.3 Å². The molecule has 0 radical (unpaired) electrons. The topological polar surface area (TPSA) is 120 Å². The Balaban J connectivity index is 1.24. The van der Waals surface area contributed by atoms with Crippen LogP contribution >= 0.6 is 0 Å². The number of imidazole rings is 1. The number of hydrogen-bond donors (Lipinski definition) is 4. The van der Waals surface area contributed by atoms with Gasteiger partial charge in [-0.05, 0) is 49.0 Å². The van der Waals surface area contributed by atoms with E-state index >= 15 is 4.39 Å². The highest BCUT2D eigenvalue weighted by atomic mass is 19.1. The van der Waals surface area contributed by atoms with E-state index in [0.717, 1.165) is 5.56 Å². The first-order valence-electron chi connectivity index (χ1n) is 12.3. The molecule has 3 heterocycles.